The van der Waals surface area contributed by atoms with Crippen LogP contribution < -0.4 is 21.9 Å². The van der Waals surface area contributed by atoms with Gasteiger partial charge in [0.25, 0.3) is 5.56 Å². The first-order valence-corrected chi connectivity index (χ1v) is 5.78. The third-order valence-corrected chi connectivity index (χ3v) is 3.28. The molecule has 94 valence electrons. The molecule has 1 aliphatic rings. The first kappa shape index (κ1) is 11.9. The van der Waals surface area contributed by atoms with Gasteiger partial charge in [0, 0.05) is 39.3 Å². The molecular formula is C11H18N4O2. The lowest BCUT2D eigenvalue weighted by atomic mass is 10.1. The molecule has 0 aromatic carbocycles. The van der Waals surface area contributed by atoms with E-state index in [1.807, 2.05) is 4.90 Å². The zero-order valence-electron chi connectivity index (χ0n) is 10.2. The van der Waals surface area contributed by atoms with Crippen LogP contribution in [0.4, 0.5) is 5.82 Å². The molecule has 1 atom stereocenters. The Hall–Kier alpha value is -1.56. The standard InChI is InChI=1S/C11H18N4O2/c1-13-9(6-10(16)14(2)11(13)17)15-5-3-4-8(12)7-15/h6,8H,3-5,7,12H2,1-2H3. The third kappa shape index (κ3) is 2.12. The maximum Gasteiger partial charge on any atom is 0.332 e. The van der Waals surface area contributed by atoms with E-state index < -0.39 is 0 Å². The Morgan fingerprint density at radius 2 is 2.00 bits per heavy atom. The van der Waals surface area contributed by atoms with Gasteiger partial charge in [-0.2, -0.15) is 0 Å². The van der Waals surface area contributed by atoms with Gasteiger partial charge in [-0.1, -0.05) is 0 Å². The molecule has 1 aromatic heterocycles. The van der Waals surface area contributed by atoms with Crippen LogP contribution in [0.3, 0.4) is 0 Å². The molecule has 1 unspecified atom stereocenters. The lowest BCUT2D eigenvalue weighted by molar-refractivity contribution is 0.494. The van der Waals surface area contributed by atoms with Crippen LogP contribution in [0, 0.1) is 0 Å². The van der Waals surface area contributed by atoms with Crippen LogP contribution in [0.1, 0.15) is 12.8 Å². The minimum Gasteiger partial charge on any atom is -0.356 e. The molecule has 1 fully saturated rings. The quantitative estimate of drug-likeness (QED) is 0.682. The molecule has 17 heavy (non-hydrogen) atoms. The van der Waals surface area contributed by atoms with Crippen molar-refractivity contribution < 1.29 is 0 Å². The highest BCUT2D eigenvalue weighted by Crippen LogP contribution is 2.15. The highest BCUT2D eigenvalue weighted by Gasteiger charge is 2.20. The second kappa shape index (κ2) is 4.37. The van der Waals surface area contributed by atoms with Crippen LogP contribution >= 0.6 is 0 Å². The van der Waals surface area contributed by atoms with Crippen molar-refractivity contribution in [2.24, 2.45) is 19.8 Å². The summed E-state index contributed by atoms with van der Waals surface area (Å²) in [5.41, 5.74) is 5.33. The van der Waals surface area contributed by atoms with Crippen LogP contribution in [0.15, 0.2) is 15.7 Å². The number of aromatic nitrogens is 2. The second-order valence-corrected chi connectivity index (χ2v) is 4.59. The summed E-state index contributed by atoms with van der Waals surface area (Å²) >= 11 is 0. The van der Waals surface area contributed by atoms with Crippen LogP contribution in [0.25, 0.3) is 0 Å². The molecule has 2 N–H and O–H groups in total. The number of nitrogens with two attached hydrogens (primary N) is 1. The fraction of sp³-hybridized carbons (Fsp3) is 0.636. The summed E-state index contributed by atoms with van der Waals surface area (Å²) in [7, 11) is 3.16. The minimum atomic E-state index is -0.299. The summed E-state index contributed by atoms with van der Waals surface area (Å²) in [6.45, 7) is 1.54. The van der Waals surface area contributed by atoms with Gasteiger partial charge in [-0.25, -0.2) is 4.79 Å². The molecule has 1 saturated heterocycles. The van der Waals surface area contributed by atoms with E-state index in [1.165, 1.54) is 17.7 Å². The van der Waals surface area contributed by atoms with E-state index in [1.54, 1.807) is 7.05 Å². The Kier molecular flexibility index (Phi) is 3.06. The Balaban J connectivity index is 2.45. The van der Waals surface area contributed by atoms with Gasteiger partial charge in [-0.15, -0.1) is 0 Å². The first-order valence-electron chi connectivity index (χ1n) is 5.78. The normalized spacial score (nSPS) is 20.6. The summed E-state index contributed by atoms with van der Waals surface area (Å²) in [4.78, 5) is 25.4. The average molecular weight is 238 g/mol. The number of hydrogen-bond donors (Lipinski definition) is 1. The van der Waals surface area contributed by atoms with Crippen molar-refractivity contribution in [1.29, 1.82) is 0 Å². The number of hydrogen-bond acceptors (Lipinski definition) is 4. The number of nitrogens with zero attached hydrogens (tertiary/aromatic N) is 3. The van der Waals surface area contributed by atoms with Crippen LogP contribution in [0.2, 0.25) is 0 Å². The third-order valence-electron chi connectivity index (χ3n) is 3.28. The maximum absolute atomic E-state index is 11.8. The Morgan fingerprint density at radius 3 is 2.65 bits per heavy atom. The van der Waals surface area contributed by atoms with Crippen molar-refractivity contribution in [2.75, 3.05) is 18.0 Å². The monoisotopic (exact) mass is 238 g/mol. The van der Waals surface area contributed by atoms with Crippen LogP contribution in [0.5, 0.6) is 0 Å². The van der Waals surface area contributed by atoms with Gasteiger partial charge in [0.2, 0.25) is 0 Å². The van der Waals surface area contributed by atoms with E-state index in [9.17, 15) is 9.59 Å². The molecule has 0 radical (unpaired) electrons. The number of piperidine rings is 1. The topological polar surface area (TPSA) is 73.3 Å². The van der Waals surface area contributed by atoms with Crippen molar-refractivity contribution >= 4 is 5.82 Å². The Labute approximate surface area is 99.3 Å². The molecule has 1 aromatic rings. The zero-order chi connectivity index (χ0) is 12.6. The van der Waals surface area contributed by atoms with Gasteiger partial charge in [0.05, 0.1) is 0 Å². The van der Waals surface area contributed by atoms with E-state index in [-0.39, 0.29) is 17.3 Å². The molecule has 0 saturated carbocycles. The average Bonchev–Trinajstić information content (AvgIpc) is 2.31. The molecule has 0 spiro atoms. The summed E-state index contributed by atoms with van der Waals surface area (Å²) in [6, 6.07) is 1.61. The van der Waals surface area contributed by atoms with Crippen molar-refractivity contribution in [2.45, 2.75) is 18.9 Å². The van der Waals surface area contributed by atoms with E-state index >= 15 is 0 Å². The summed E-state index contributed by atoms with van der Waals surface area (Å²) in [6.07, 6.45) is 1.99. The van der Waals surface area contributed by atoms with Gasteiger partial charge in [0.1, 0.15) is 5.82 Å². The second-order valence-electron chi connectivity index (χ2n) is 4.59. The molecule has 0 amide bonds. The van der Waals surface area contributed by atoms with Gasteiger partial charge >= 0.3 is 5.69 Å². The molecular weight excluding hydrogens is 220 g/mol. The van der Waals surface area contributed by atoms with Gasteiger partial charge in [-0.3, -0.25) is 13.9 Å². The first-order chi connectivity index (χ1) is 8.00. The van der Waals surface area contributed by atoms with Crippen molar-refractivity contribution in [3.63, 3.8) is 0 Å². The van der Waals surface area contributed by atoms with Gasteiger partial charge in [-0.05, 0) is 12.8 Å². The smallest absolute Gasteiger partial charge is 0.332 e. The van der Waals surface area contributed by atoms with Crippen molar-refractivity contribution in [3.8, 4) is 0 Å². The molecule has 1 aliphatic heterocycles. The fourth-order valence-corrected chi connectivity index (χ4v) is 2.24. The summed E-state index contributed by atoms with van der Waals surface area (Å²) in [5.74, 6) is 0.660. The zero-order valence-corrected chi connectivity index (χ0v) is 10.2. The lowest BCUT2D eigenvalue weighted by Gasteiger charge is -2.33. The predicted octanol–water partition coefficient (Wildman–Crippen LogP) is -0.988. The molecule has 6 heteroatoms. The number of anilines is 1. The molecule has 2 heterocycles. The fourth-order valence-electron chi connectivity index (χ4n) is 2.24. The minimum absolute atomic E-state index is 0.114. The summed E-state index contributed by atoms with van der Waals surface area (Å²) < 4.78 is 2.60. The molecule has 6 nitrogen and oxygen atoms in total. The van der Waals surface area contributed by atoms with Crippen molar-refractivity contribution in [3.05, 3.63) is 26.9 Å². The van der Waals surface area contributed by atoms with Crippen LogP contribution in [-0.4, -0.2) is 28.3 Å². The number of rotatable bonds is 1. The van der Waals surface area contributed by atoms with E-state index in [4.69, 9.17) is 5.73 Å². The lowest BCUT2D eigenvalue weighted by Crippen LogP contribution is -2.47. The van der Waals surface area contributed by atoms with E-state index in [2.05, 4.69) is 0 Å². The highest BCUT2D eigenvalue weighted by molar-refractivity contribution is 5.39. The van der Waals surface area contributed by atoms with Crippen LogP contribution in [-0.2, 0) is 14.1 Å². The highest BCUT2D eigenvalue weighted by atomic mass is 16.2. The molecule has 2 rings (SSSR count). The Morgan fingerprint density at radius 1 is 1.29 bits per heavy atom. The SMILES string of the molecule is Cn1c(N2CCCC(N)C2)cc(=O)n(C)c1=O. The predicted molar refractivity (Wildman–Crippen MR) is 66.3 cm³/mol. The summed E-state index contributed by atoms with van der Waals surface area (Å²) in [5, 5.41) is 0. The molecule has 0 aliphatic carbocycles. The van der Waals surface area contributed by atoms with E-state index in [0.717, 1.165) is 24.0 Å². The van der Waals surface area contributed by atoms with E-state index in [0.29, 0.717) is 12.4 Å². The largest absolute Gasteiger partial charge is 0.356 e. The van der Waals surface area contributed by atoms with Gasteiger partial charge in [0.15, 0.2) is 0 Å². The van der Waals surface area contributed by atoms with Crippen molar-refractivity contribution in [1.82, 2.24) is 9.13 Å². The molecule has 0 bridgehead atoms. The van der Waals surface area contributed by atoms with Gasteiger partial charge < -0.3 is 10.6 Å². The Bertz CT molecular complexity index is 531. The maximum atomic E-state index is 11.8.